The van der Waals surface area contributed by atoms with Crippen LogP contribution in [-0.2, 0) is 4.79 Å². The summed E-state index contributed by atoms with van der Waals surface area (Å²) in [4.78, 5) is 10.6. The van der Waals surface area contributed by atoms with Gasteiger partial charge in [-0.05, 0) is 38.5 Å². The summed E-state index contributed by atoms with van der Waals surface area (Å²) >= 11 is 0. The van der Waals surface area contributed by atoms with Crippen molar-refractivity contribution in [2.45, 2.75) is 96.8 Å². The van der Waals surface area contributed by atoms with Crippen LogP contribution in [0.15, 0.2) is 24.3 Å². The molecular weight excluding hydrogens is 270 g/mol. The molecule has 0 fully saturated rings. The van der Waals surface area contributed by atoms with Crippen LogP contribution in [0.25, 0.3) is 0 Å². The third-order valence-electron chi connectivity index (χ3n) is 3.87. The molecule has 0 bridgehead atoms. The summed E-state index contributed by atoms with van der Waals surface area (Å²) < 4.78 is 0. The summed E-state index contributed by atoms with van der Waals surface area (Å²) in [6.45, 7) is 2.25. The summed E-state index contributed by atoms with van der Waals surface area (Å²) in [5.41, 5.74) is 5.11. The van der Waals surface area contributed by atoms with Crippen LogP contribution < -0.4 is 5.73 Å². The van der Waals surface area contributed by atoms with Crippen molar-refractivity contribution in [2.75, 3.05) is 0 Å². The Labute approximate surface area is 138 Å². The van der Waals surface area contributed by atoms with Gasteiger partial charge in [0.1, 0.15) is 0 Å². The van der Waals surface area contributed by atoms with Crippen molar-refractivity contribution >= 4 is 5.91 Å². The van der Waals surface area contributed by atoms with Crippen LogP contribution in [-0.4, -0.2) is 5.91 Å². The Balaban J connectivity index is 3.15. The molecule has 2 heteroatoms. The zero-order valence-electron chi connectivity index (χ0n) is 14.7. The van der Waals surface area contributed by atoms with Gasteiger partial charge in [0.15, 0.2) is 0 Å². The molecule has 1 amide bonds. The predicted molar refractivity (Wildman–Crippen MR) is 97.8 cm³/mol. The molecule has 0 aromatic heterocycles. The maximum atomic E-state index is 10.6. The van der Waals surface area contributed by atoms with Crippen LogP contribution in [0.2, 0.25) is 0 Å². The summed E-state index contributed by atoms with van der Waals surface area (Å²) in [5.74, 6) is -0.164. The van der Waals surface area contributed by atoms with Crippen molar-refractivity contribution < 1.29 is 4.79 Å². The van der Waals surface area contributed by atoms with E-state index in [0.717, 1.165) is 19.3 Å². The summed E-state index contributed by atoms with van der Waals surface area (Å²) in [5, 5.41) is 0. The van der Waals surface area contributed by atoms with Crippen molar-refractivity contribution in [2.24, 2.45) is 5.73 Å². The molecule has 0 spiro atoms. The van der Waals surface area contributed by atoms with Crippen LogP contribution in [0.5, 0.6) is 0 Å². The van der Waals surface area contributed by atoms with Crippen molar-refractivity contribution in [1.29, 1.82) is 0 Å². The lowest BCUT2D eigenvalue weighted by atomic mass is 10.1. The van der Waals surface area contributed by atoms with Gasteiger partial charge >= 0.3 is 0 Å². The molecule has 0 aliphatic heterocycles. The molecule has 0 aliphatic rings. The van der Waals surface area contributed by atoms with E-state index in [9.17, 15) is 4.79 Å². The number of unbranched alkanes of at least 4 members (excludes halogenated alkanes) is 10. The molecule has 22 heavy (non-hydrogen) atoms. The topological polar surface area (TPSA) is 43.1 Å². The standard InChI is InChI=1S/C20H37NO/c1-2-3-4-5-6-7-8-9-10-11-12-13-14-15-16-17-18-19-20(21)22/h6-7,9-10H,2-5,8,11-19H2,1H3,(H2,21,22)/b7-6-,10-9-. The van der Waals surface area contributed by atoms with Gasteiger partial charge in [0, 0.05) is 6.42 Å². The number of amides is 1. The Morgan fingerprint density at radius 1 is 0.727 bits per heavy atom. The van der Waals surface area contributed by atoms with Gasteiger partial charge in [0.2, 0.25) is 5.91 Å². The third-order valence-corrected chi connectivity index (χ3v) is 3.87. The average molecular weight is 308 g/mol. The first-order valence-corrected chi connectivity index (χ1v) is 9.35. The van der Waals surface area contributed by atoms with E-state index < -0.39 is 0 Å². The highest BCUT2D eigenvalue weighted by molar-refractivity contribution is 5.73. The number of carbonyl (C=O) groups is 1. The Morgan fingerprint density at radius 3 is 1.77 bits per heavy atom. The monoisotopic (exact) mass is 307 g/mol. The third kappa shape index (κ3) is 18.9. The van der Waals surface area contributed by atoms with Gasteiger partial charge in [0.05, 0.1) is 0 Å². The highest BCUT2D eigenvalue weighted by Crippen LogP contribution is 2.10. The molecule has 128 valence electrons. The lowest BCUT2D eigenvalue weighted by Gasteiger charge is -2.00. The van der Waals surface area contributed by atoms with Crippen molar-refractivity contribution in [1.82, 2.24) is 0 Å². The highest BCUT2D eigenvalue weighted by atomic mass is 16.1. The molecule has 0 radical (unpaired) electrons. The largest absolute Gasteiger partial charge is 0.370 e. The van der Waals surface area contributed by atoms with E-state index in [1.807, 2.05) is 0 Å². The fraction of sp³-hybridized carbons (Fsp3) is 0.750. The fourth-order valence-corrected chi connectivity index (χ4v) is 2.46. The van der Waals surface area contributed by atoms with E-state index in [1.54, 1.807) is 0 Å². The molecule has 2 nitrogen and oxygen atoms in total. The fourth-order valence-electron chi connectivity index (χ4n) is 2.46. The minimum absolute atomic E-state index is 0.164. The molecule has 0 aromatic carbocycles. The lowest BCUT2D eigenvalue weighted by Crippen LogP contribution is -2.09. The van der Waals surface area contributed by atoms with E-state index in [0.29, 0.717) is 6.42 Å². The first-order chi connectivity index (χ1) is 10.8. The van der Waals surface area contributed by atoms with E-state index in [2.05, 4.69) is 31.2 Å². The number of hydrogen-bond donors (Lipinski definition) is 1. The molecule has 0 heterocycles. The van der Waals surface area contributed by atoms with Gasteiger partial charge in [0.25, 0.3) is 0 Å². The second kappa shape index (κ2) is 18.0. The number of carbonyl (C=O) groups excluding carboxylic acids is 1. The molecular formula is C20H37NO. The lowest BCUT2D eigenvalue weighted by molar-refractivity contribution is -0.118. The normalized spacial score (nSPS) is 11.7. The molecule has 0 saturated heterocycles. The Kier molecular flexibility index (Phi) is 17.1. The Bertz CT molecular complexity index is 294. The van der Waals surface area contributed by atoms with Gasteiger partial charge < -0.3 is 5.73 Å². The van der Waals surface area contributed by atoms with Crippen LogP contribution in [0, 0.1) is 0 Å². The number of allylic oxidation sites excluding steroid dienone is 4. The minimum atomic E-state index is -0.164. The Morgan fingerprint density at radius 2 is 1.23 bits per heavy atom. The minimum Gasteiger partial charge on any atom is -0.370 e. The number of primary amides is 1. The molecule has 0 saturated carbocycles. The Hall–Kier alpha value is -1.05. The van der Waals surface area contributed by atoms with E-state index in [1.165, 1.54) is 64.2 Å². The van der Waals surface area contributed by atoms with E-state index >= 15 is 0 Å². The van der Waals surface area contributed by atoms with Gasteiger partial charge in [-0.15, -0.1) is 0 Å². The smallest absolute Gasteiger partial charge is 0.217 e. The maximum absolute atomic E-state index is 10.6. The first kappa shape index (κ1) is 20.9. The molecule has 0 unspecified atom stereocenters. The maximum Gasteiger partial charge on any atom is 0.217 e. The summed E-state index contributed by atoms with van der Waals surface area (Å²) in [7, 11) is 0. The highest BCUT2D eigenvalue weighted by Gasteiger charge is 1.94. The molecule has 0 rings (SSSR count). The van der Waals surface area contributed by atoms with Crippen LogP contribution in [0.4, 0.5) is 0 Å². The van der Waals surface area contributed by atoms with E-state index in [-0.39, 0.29) is 5.91 Å². The van der Waals surface area contributed by atoms with E-state index in [4.69, 9.17) is 5.73 Å². The van der Waals surface area contributed by atoms with Gasteiger partial charge in [-0.3, -0.25) is 4.79 Å². The summed E-state index contributed by atoms with van der Waals surface area (Å²) in [6.07, 6.45) is 25.9. The predicted octanol–water partition coefficient (Wildman–Crippen LogP) is 6.07. The molecule has 0 aromatic rings. The van der Waals surface area contributed by atoms with Gasteiger partial charge in [-0.25, -0.2) is 0 Å². The zero-order chi connectivity index (χ0) is 16.3. The van der Waals surface area contributed by atoms with Gasteiger partial charge in [-0.1, -0.05) is 76.2 Å². The van der Waals surface area contributed by atoms with Crippen LogP contribution in [0.1, 0.15) is 96.8 Å². The molecule has 2 N–H and O–H groups in total. The van der Waals surface area contributed by atoms with Crippen molar-refractivity contribution in [3.05, 3.63) is 24.3 Å². The van der Waals surface area contributed by atoms with Crippen LogP contribution in [0.3, 0.4) is 0 Å². The van der Waals surface area contributed by atoms with Gasteiger partial charge in [-0.2, -0.15) is 0 Å². The SMILES string of the molecule is CCCCC/C=C\C/C=C\CCCCCCCCCC(N)=O. The second-order valence-electron chi connectivity index (χ2n) is 6.15. The van der Waals surface area contributed by atoms with Crippen molar-refractivity contribution in [3.8, 4) is 0 Å². The number of rotatable bonds is 16. The van der Waals surface area contributed by atoms with Crippen LogP contribution >= 0.6 is 0 Å². The quantitative estimate of drug-likeness (QED) is 0.273. The summed E-state index contributed by atoms with van der Waals surface area (Å²) in [6, 6.07) is 0. The number of hydrogen-bond acceptors (Lipinski definition) is 1. The average Bonchev–Trinajstić information content (AvgIpc) is 2.50. The number of nitrogens with two attached hydrogens (primary N) is 1. The first-order valence-electron chi connectivity index (χ1n) is 9.35. The zero-order valence-corrected chi connectivity index (χ0v) is 14.7. The van der Waals surface area contributed by atoms with Crippen molar-refractivity contribution in [3.63, 3.8) is 0 Å². The molecule has 0 atom stereocenters. The molecule has 0 aliphatic carbocycles. The second-order valence-corrected chi connectivity index (χ2v) is 6.15.